The van der Waals surface area contributed by atoms with Gasteiger partial charge < -0.3 is 15.4 Å². The summed E-state index contributed by atoms with van der Waals surface area (Å²) in [6.45, 7) is 3.80. The highest BCUT2D eigenvalue weighted by molar-refractivity contribution is 14.0. The molecule has 0 radical (unpaired) electrons. The number of aliphatic imine (C=N–C) groups is 1. The Morgan fingerprint density at radius 2 is 1.93 bits per heavy atom. The zero-order chi connectivity index (χ0) is 18.8. The fourth-order valence-corrected chi connectivity index (χ4v) is 3.37. The normalized spacial score (nSPS) is 12.2. The first-order valence-corrected chi connectivity index (χ1v) is 9.42. The van der Waals surface area contributed by atoms with E-state index in [1.54, 1.807) is 20.2 Å². The molecule has 0 amide bonds. The van der Waals surface area contributed by atoms with Gasteiger partial charge in [-0.1, -0.05) is 31.2 Å². The molecule has 0 saturated carbocycles. The van der Waals surface area contributed by atoms with Gasteiger partial charge in [0, 0.05) is 43.0 Å². The summed E-state index contributed by atoms with van der Waals surface area (Å²) < 4.78 is 18.7. The Labute approximate surface area is 182 Å². The second-order valence-electron chi connectivity index (χ2n) is 5.91. The molecular weight excluding hydrogens is 476 g/mol. The van der Waals surface area contributed by atoms with Crippen LogP contribution in [0, 0.1) is 5.82 Å². The highest BCUT2D eigenvalue weighted by Gasteiger charge is 2.07. The van der Waals surface area contributed by atoms with Crippen molar-refractivity contribution in [3.63, 3.8) is 0 Å². The van der Waals surface area contributed by atoms with Gasteiger partial charge in [-0.25, -0.2) is 4.39 Å². The van der Waals surface area contributed by atoms with Crippen LogP contribution >= 0.6 is 35.7 Å². The summed E-state index contributed by atoms with van der Waals surface area (Å²) in [7, 11) is 3.30. The van der Waals surface area contributed by atoms with Crippen LogP contribution in [0.1, 0.15) is 18.1 Å². The Balaban J connectivity index is 0.00000364. The molecule has 0 bridgehead atoms. The van der Waals surface area contributed by atoms with E-state index < -0.39 is 0 Å². The van der Waals surface area contributed by atoms with Crippen molar-refractivity contribution < 1.29 is 9.13 Å². The Morgan fingerprint density at radius 1 is 1.19 bits per heavy atom. The number of nitrogens with one attached hydrogen (secondary N) is 2. The van der Waals surface area contributed by atoms with E-state index in [1.165, 1.54) is 11.0 Å². The van der Waals surface area contributed by atoms with Crippen LogP contribution in [0.4, 0.5) is 4.39 Å². The number of ether oxygens (including phenoxy) is 1. The van der Waals surface area contributed by atoms with Crippen molar-refractivity contribution in [2.75, 3.05) is 20.7 Å². The van der Waals surface area contributed by atoms with Crippen LogP contribution in [0.3, 0.4) is 0 Å². The largest absolute Gasteiger partial charge is 0.380 e. The molecular formula is C20H27FIN3OS. The molecule has 4 nitrogen and oxygen atoms in total. The van der Waals surface area contributed by atoms with Crippen molar-refractivity contribution in [3.05, 3.63) is 65.5 Å². The van der Waals surface area contributed by atoms with E-state index >= 15 is 0 Å². The number of thioether (sulfide) groups is 1. The fraction of sp³-hybridized carbons (Fsp3) is 0.350. The third-order valence-electron chi connectivity index (χ3n) is 3.73. The quantitative estimate of drug-likeness (QED) is 0.242. The van der Waals surface area contributed by atoms with Gasteiger partial charge in [-0.05, 0) is 29.8 Å². The molecule has 2 N–H and O–H groups in total. The van der Waals surface area contributed by atoms with Crippen LogP contribution in [0.5, 0.6) is 0 Å². The lowest BCUT2D eigenvalue weighted by atomic mass is 10.1. The SMILES string of the molecule is CN=C(NCc1ccc(F)c(COC)c1)NCC(C)Sc1ccccc1.I. The van der Waals surface area contributed by atoms with Crippen LogP contribution in [0.2, 0.25) is 0 Å². The fourth-order valence-electron chi connectivity index (χ4n) is 2.42. The maximum atomic E-state index is 13.7. The van der Waals surface area contributed by atoms with Gasteiger partial charge in [0.2, 0.25) is 0 Å². The van der Waals surface area contributed by atoms with Gasteiger partial charge in [-0.15, -0.1) is 35.7 Å². The molecule has 0 aliphatic rings. The lowest BCUT2D eigenvalue weighted by molar-refractivity contribution is 0.181. The van der Waals surface area contributed by atoms with Crippen molar-refractivity contribution in [1.82, 2.24) is 10.6 Å². The van der Waals surface area contributed by atoms with Crippen molar-refractivity contribution in [3.8, 4) is 0 Å². The number of guanidine groups is 1. The van der Waals surface area contributed by atoms with E-state index in [4.69, 9.17) is 4.74 Å². The molecule has 1 unspecified atom stereocenters. The topological polar surface area (TPSA) is 45.7 Å². The summed E-state index contributed by atoms with van der Waals surface area (Å²) in [6.07, 6.45) is 0. The summed E-state index contributed by atoms with van der Waals surface area (Å²) in [5, 5.41) is 6.99. The zero-order valence-corrected chi connectivity index (χ0v) is 19.0. The van der Waals surface area contributed by atoms with Crippen LogP contribution in [0.15, 0.2) is 58.4 Å². The number of benzene rings is 2. The predicted molar refractivity (Wildman–Crippen MR) is 122 cm³/mol. The van der Waals surface area contributed by atoms with E-state index in [1.807, 2.05) is 36.0 Å². The van der Waals surface area contributed by atoms with Gasteiger partial charge in [-0.3, -0.25) is 4.99 Å². The molecule has 1 atom stereocenters. The molecule has 0 aliphatic heterocycles. The molecule has 0 fully saturated rings. The van der Waals surface area contributed by atoms with E-state index in [0.29, 0.717) is 17.4 Å². The number of nitrogens with zero attached hydrogens (tertiary/aromatic N) is 1. The first kappa shape index (κ1) is 23.7. The predicted octanol–water partition coefficient (Wildman–Crippen LogP) is 4.44. The molecule has 148 valence electrons. The minimum Gasteiger partial charge on any atom is -0.380 e. The second-order valence-corrected chi connectivity index (χ2v) is 7.42. The van der Waals surface area contributed by atoms with Crippen molar-refractivity contribution in [2.24, 2.45) is 4.99 Å². The number of rotatable bonds is 8. The Bertz CT molecular complexity index is 716. The number of hydrogen-bond donors (Lipinski definition) is 2. The third kappa shape index (κ3) is 8.49. The summed E-state index contributed by atoms with van der Waals surface area (Å²) in [6, 6.07) is 15.4. The van der Waals surface area contributed by atoms with Gasteiger partial charge in [0.05, 0.1) is 6.61 Å². The van der Waals surface area contributed by atoms with Gasteiger partial charge >= 0.3 is 0 Å². The monoisotopic (exact) mass is 503 g/mol. The third-order valence-corrected chi connectivity index (χ3v) is 4.84. The molecule has 0 spiro atoms. The number of halogens is 2. The first-order valence-electron chi connectivity index (χ1n) is 8.55. The summed E-state index contributed by atoms with van der Waals surface area (Å²) in [4.78, 5) is 5.50. The summed E-state index contributed by atoms with van der Waals surface area (Å²) in [5.74, 6) is 0.480. The number of hydrogen-bond acceptors (Lipinski definition) is 3. The smallest absolute Gasteiger partial charge is 0.191 e. The van der Waals surface area contributed by atoms with Gasteiger partial charge in [-0.2, -0.15) is 0 Å². The van der Waals surface area contributed by atoms with Crippen molar-refractivity contribution in [1.29, 1.82) is 0 Å². The van der Waals surface area contributed by atoms with Crippen molar-refractivity contribution >= 4 is 41.7 Å². The molecule has 0 aliphatic carbocycles. The van der Waals surface area contributed by atoms with Crippen LogP contribution in [0.25, 0.3) is 0 Å². The second kappa shape index (κ2) is 13.0. The minimum absolute atomic E-state index is 0. The molecule has 2 rings (SSSR count). The Kier molecular flexibility index (Phi) is 11.4. The molecule has 0 heterocycles. The van der Waals surface area contributed by atoms with Crippen LogP contribution < -0.4 is 10.6 Å². The maximum Gasteiger partial charge on any atom is 0.191 e. The van der Waals surface area contributed by atoms with Gasteiger partial charge in [0.15, 0.2) is 5.96 Å². The summed E-state index contributed by atoms with van der Waals surface area (Å²) >= 11 is 1.82. The van der Waals surface area contributed by atoms with Crippen LogP contribution in [-0.4, -0.2) is 31.9 Å². The standard InChI is InChI=1S/C20H26FN3OS.HI/c1-15(26-18-7-5-4-6-8-18)12-23-20(22-2)24-13-16-9-10-19(21)17(11-16)14-25-3;/h4-11,15H,12-14H2,1-3H3,(H2,22,23,24);1H. The molecule has 0 saturated heterocycles. The molecule has 2 aromatic carbocycles. The molecule has 27 heavy (non-hydrogen) atoms. The average molecular weight is 503 g/mol. The molecule has 0 aromatic heterocycles. The first-order chi connectivity index (χ1) is 12.6. The Hall–Kier alpha value is -1.32. The lowest BCUT2D eigenvalue weighted by Crippen LogP contribution is -2.39. The van der Waals surface area contributed by atoms with Crippen molar-refractivity contribution in [2.45, 2.75) is 30.2 Å². The molecule has 2 aromatic rings. The van der Waals surface area contributed by atoms with E-state index in [2.05, 4.69) is 34.7 Å². The highest BCUT2D eigenvalue weighted by Crippen LogP contribution is 2.21. The average Bonchev–Trinajstić information content (AvgIpc) is 2.65. The minimum atomic E-state index is -0.245. The van der Waals surface area contributed by atoms with Gasteiger partial charge in [0.25, 0.3) is 0 Å². The summed E-state index contributed by atoms with van der Waals surface area (Å²) in [5.41, 5.74) is 1.54. The lowest BCUT2D eigenvalue weighted by Gasteiger charge is -2.16. The van der Waals surface area contributed by atoms with E-state index in [0.717, 1.165) is 18.1 Å². The number of methoxy groups -OCH3 is 1. The zero-order valence-electron chi connectivity index (χ0n) is 15.9. The van der Waals surface area contributed by atoms with E-state index in [9.17, 15) is 4.39 Å². The maximum absolute atomic E-state index is 13.7. The molecule has 7 heteroatoms. The van der Waals surface area contributed by atoms with Crippen LogP contribution in [-0.2, 0) is 17.9 Å². The highest BCUT2D eigenvalue weighted by atomic mass is 127. The van der Waals surface area contributed by atoms with Gasteiger partial charge in [0.1, 0.15) is 5.82 Å². The van der Waals surface area contributed by atoms with E-state index in [-0.39, 0.29) is 36.4 Å². The Morgan fingerprint density at radius 3 is 2.59 bits per heavy atom.